The second-order valence-corrected chi connectivity index (χ2v) is 9.33. The van der Waals surface area contributed by atoms with Gasteiger partial charge >= 0.3 is 0 Å². The van der Waals surface area contributed by atoms with Crippen LogP contribution in [0.1, 0.15) is 55.7 Å². The van der Waals surface area contributed by atoms with E-state index in [1.54, 1.807) is 12.3 Å². The minimum Gasteiger partial charge on any atom is -0.477 e. The SMILES string of the molecule is CC(C)COc1cccc(CN2CCC3(CC2)CCN(C(=O)c2ccncn2)CC3)n1. The molecule has 0 aliphatic carbocycles. The van der Waals surface area contributed by atoms with Crippen molar-refractivity contribution >= 4 is 5.91 Å². The summed E-state index contributed by atoms with van der Waals surface area (Å²) >= 11 is 0. The molecule has 7 nitrogen and oxygen atoms in total. The third-order valence-electron chi connectivity index (χ3n) is 6.56. The van der Waals surface area contributed by atoms with Gasteiger partial charge < -0.3 is 9.64 Å². The molecule has 2 fully saturated rings. The Bertz CT molecular complexity index is 855. The second-order valence-electron chi connectivity index (χ2n) is 9.33. The van der Waals surface area contributed by atoms with E-state index >= 15 is 0 Å². The van der Waals surface area contributed by atoms with Gasteiger partial charge in [0, 0.05) is 31.9 Å². The van der Waals surface area contributed by atoms with Crippen molar-refractivity contribution in [1.29, 1.82) is 0 Å². The molecule has 0 aromatic carbocycles. The van der Waals surface area contributed by atoms with Crippen LogP contribution >= 0.6 is 0 Å². The van der Waals surface area contributed by atoms with Crippen LogP contribution in [0.4, 0.5) is 0 Å². The van der Waals surface area contributed by atoms with Gasteiger partial charge in [-0.25, -0.2) is 15.0 Å². The van der Waals surface area contributed by atoms with Gasteiger partial charge in [0.15, 0.2) is 0 Å². The third kappa shape index (κ3) is 5.58. The highest BCUT2D eigenvalue weighted by Gasteiger charge is 2.38. The number of likely N-dealkylation sites (tertiary alicyclic amines) is 2. The molecular weight excluding hydrogens is 390 g/mol. The van der Waals surface area contributed by atoms with Crippen molar-refractivity contribution in [2.24, 2.45) is 11.3 Å². The molecule has 1 amide bonds. The molecule has 2 aliphatic rings. The van der Waals surface area contributed by atoms with E-state index in [1.807, 2.05) is 17.0 Å². The molecule has 166 valence electrons. The Morgan fingerprint density at radius 1 is 1.10 bits per heavy atom. The number of pyridine rings is 1. The predicted molar refractivity (Wildman–Crippen MR) is 119 cm³/mol. The fourth-order valence-electron chi connectivity index (χ4n) is 4.56. The smallest absolute Gasteiger partial charge is 0.272 e. The van der Waals surface area contributed by atoms with Crippen LogP contribution in [0.25, 0.3) is 0 Å². The predicted octanol–water partition coefficient (Wildman–Crippen LogP) is 3.42. The summed E-state index contributed by atoms with van der Waals surface area (Å²) in [4.78, 5) is 29.8. The first-order chi connectivity index (χ1) is 15.0. The third-order valence-corrected chi connectivity index (χ3v) is 6.56. The van der Waals surface area contributed by atoms with Crippen LogP contribution in [0.3, 0.4) is 0 Å². The number of carbonyl (C=O) groups excluding carboxylic acids is 1. The number of hydrogen-bond donors (Lipinski definition) is 0. The minimum absolute atomic E-state index is 0.0281. The van der Waals surface area contributed by atoms with E-state index in [-0.39, 0.29) is 5.91 Å². The molecule has 2 aromatic heterocycles. The highest BCUT2D eigenvalue weighted by Crippen LogP contribution is 2.41. The van der Waals surface area contributed by atoms with Gasteiger partial charge in [0.2, 0.25) is 5.88 Å². The average Bonchev–Trinajstić information content (AvgIpc) is 2.80. The molecule has 0 atom stereocenters. The molecule has 4 rings (SSSR count). The zero-order valence-electron chi connectivity index (χ0n) is 18.7. The van der Waals surface area contributed by atoms with Crippen LogP contribution in [-0.4, -0.2) is 63.4 Å². The summed E-state index contributed by atoms with van der Waals surface area (Å²) in [6, 6.07) is 7.76. The molecule has 0 radical (unpaired) electrons. The van der Waals surface area contributed by atoms with Gasteiger partial charge in [0.05, 0.1) is 12.3 Å². The second kappa shape index (κ2) is 9.73. The van der Waals surface area contributed by atoms with E-state index in [9.17, 15) is 4.79 Å². The number of piperidine rings is 2. The molecular formula is C24H33N5O2. The number of carbonyl (C=O) groups is 1. The van der Waals surface area contributed by atoms with Crippen LogP contribution in [0, 0.1) is 11.3 Å². The molecule has 4 heterocycles. The van der Waals surface area contributed by atoms with Crippen molar-refractivity contribution in [1.82, 2.24) is 24.8 Å². The molecule has 0 bridgehead atoms. The van der Waals surface area contributed by atoms with Crippen molar-refractivity contribution < 1.29 is 9.53 Å². The number of rotatable bonds is 6. The quantitative estimate of drug-likeness (QED) is 0.709. The van der Waals surface area contributed by atoms with E-state index < -0.39 is 0 Å². The van der Waals surface area contributed by atoms with E-state index in [2.05, 4.69) is 39.8 Å². The monoisotopic (exact) mass is 423 g/mol. The zero-order valence-corrected chi connectivity index (χ0v) is 18.7. The first kappa shape index (κ1) is 21.7. The Labute approximate surface area is 184 Å². The lowest BCUT2D eigenvalue weighted by atomic mass is 9.71. The summed E-state index contributed by atoms with van der Waals surface area (Å²) in [6.07, 6.45) is 7.60. The van der Waals surface area contributed by atoms with E-state index in [1.165, 1.54) is 19.2 Å². The topological polar surface area (TPSA) is 71.5 Å². The van der Waals surface area contributed by atoms with Gasteiger partial charge in [-0.1, -0.05) is 19.9 Å². The summed E-state index contributed by atoms with van der Waals surface area (Å²) in [6.45, 7) is 9.65. The minimum atomic E-state index is 0.0281. The fraction of sp³-hybridized carbons (Fsp3) is 0.583. The molecule has 0 saturated carbocycles. The van der Waals surface area contributed by atoms with Crippen LogP contribution < -0.4 is 4.74 Å². The lowest BCUT2D eigenvalue weighted by Gasteiger charge is -2.46. The lowest BCUT2D eigenvalue weighted by Crippen LogP contribution is -2.48. The zero-order chi connectivity index (χ0) is 21.7. The molecule has 0 unspecified atom stereocenters. The normalized spacial score (nSPS) is 19.0. The van der Waals surface area contributed by atoms with Gasteiger partial charge in [-0.2, -0.15) is 0 Å². The van der Waals surface area contributed by atoms with Gasteiger partial charge in [-0.15, -0.1) is 0 Å². The maximum atomic E-state index is 12.6. The molecule has 2 aliphatic heterocycles. The van der Waals surface area contributed by atoms with Crippen molar-refractivity contribution in [2.75, 3.05) is 32.8 Å². The van der Waals surface area contributed by atoms with Crippen molar-refractivity contribution in [3.63, 3.8) is 0 Å². The summed E-state index contributed by atoms with van der Waals surface area (Å²) in [7, 11) is 0. The van der Waals surface area contributed by atoms with E-state index in [0.717, 1.165) is 57.1 Å². The Morgan fingerprint density at radius 2 is 1.84 bits per heavy atom. The van der Waals surface area contributed by atoms with Crippen LogP contribution in [0.2, 0.25) is 0 Å². The van der Waals surface area contributed by atoms with Gasteiger partial charge in [-0.3, -0.25) is 9.69 Å². The van der Waals surface area contributed by atoms with Crippen LogP contribution in [0.5, 0.6) is 5.88 Å². The Hall–Kier alpha value is -2.54. The number of hydrogen-bond acceptors (Lipinski definition) is 6. The maximum absolute atomic E-state index is 12.6. The highest BCUT2D eigenvalue weighted by atomic mass is 16.5. The largest absolute Gasteiger partial charge is 0.477 e. The number of aromatic nitrogens is 3. The standard InChI is InChI=1S/C24H33N5O2/c1-19(2)17-31-22-5-3-4-20(27-22)16-28-12-7-24(8-13-28)9-14-29(15-10-24)23(30)21-6-11-25-18-26-21/h3-6,11,18-19H,7-10,12-17H2,1-2H3. The van der Waals surface area contributed by atoms with Gasteiger partial charge in [0.1, 0.15) is 12.0 Å². The highest BCUT2D eigenvalue weighted by molar-refractivity contribution is 5.92. The number of nitrogens with zero attached hydrogens (tertiary/aromatic N) is 5. The van der Waals surface area contributed by atoms with Crippen LogP contribution in [-0.2, 0) is 6.54 Å². The maximum Gasteiger partial charge on any atom is 0.272 e. The summed E-state index contributed by atoms with van der Waals surface area (Å²) < 4.78 is 5.78. The Morgan fingerprint density at radius 3 is 2.52 bits per heavy atom. The molecule has 2 saturated heterocycles. The molecule has 2 aromatic rings. The first-order valence-corrected chi connectivity index (χ1v) is 11.4. The fourth-order valence-corrected chi connectivity index (χ4v) is 4.56. The lowest BCUT2D eigenvalue weighted by molar-refractivity contribution is 0.0279. The Kier molecular flexibility index (Phi) is 6.80. The summed E-state index contributed by atoms with van der Waals surface area (Å²) in [5, 5.41) is 0. The van der Waals surface area contributed by atoms with Crippen LogP contribution in [0.15, 0.2) is 36.8 Å². The molecule has 0 N–H and O–H groups in total. The van der Waals surface area contributed by atoms with Crippen molar-refractivity contribution in [3.05, 3.63) is 48.2 Å². The Balaban J connectivity index is 1.26. The number of ether oxygens (including phenoxy) is 1. The molecule has 31 heavy (non-hydrogen) atoms. The number of amides is 1. The summed E-state index contributed by atoms with van der Waals surface area (Å²) in [5.41, 5.74) is 1.93. The van der Waals surface area contributed by atoms with Crippen molar-refractivity contribution in [2.45, 2.75) is 46.1 Å². The van der Waals surface area contributed by atoms with Crippen molar-refractivity contribution in [3.8, 4) is 5.88 Å². The van der Waals surface area contributed by atoms with E-state index in [4.69, 9.17) is 4.74 Å². The summed E-state index contributed by atoms with van der Waals surface area (Å²) in [5.74, 6) is 1.24. The van der Waals surface area contributed by atoms with Gasteiger partial charge in [-0.05, 0) is 62.2 Å². The van der Waals surface area contributed by atoms with E-state index in [0.29, 0.717) is 23.6 Å². The molecule has 1 spiro atoms. The van der Waals surface area contributed by atoms with Gasteiger partial charge in [0.25, 0.3) is 5.91 Å². The molecule has 7 heteroatoms. The first-order valence-electron chi connectivity index (χ1n) is 11.4. The average molecular weight is 424 g/mol.